The van der Waals surface area contributed by atoms with Crippen molar-refractivity contribution in [2.45, 2.75) is 37.5 Å². The van der Waals surface area contributed by atoms with E-state index in [1.165, 1.54) is 17.7 Å². The number of nitrogens with one attached hydrogen (secondary N) is 1. The fourth-order valence-corrected chi connectivity index (χ4v) is 3.68. The van der Waals surface area contributed by atoms with Gasteiger partial charge in [0.1, 0.15) is 5.82 Å². The lowest BCUT2D eigenvalue weighted by molar-refractivity contribution is 0.0954. The molecule has 1 N–H and O–H groups in total. The number of rotatable bonds is 2. The number of hydrogen-bond donors (Lipinski definition) is 1. The molecule has 0 saturated heterocycles. The van der Waals surface area contributed by atoms with Crippen molar-refractivity contribution in [3.63, 3.8) is 0 Å². The van der Waals surface area contributed by atoms with E-state index in [0.29, 0.717) is 17.7 Å². The number of amides is 1. The minimum atomic E-state index is -0.293. The average Bonchev–Trinajstić information content (AvgIpc) is 2.59. The Balaban J connectivity index is 1.77. The SMILES string of the molecule is CC(C)(C)c1ccc(C(=O)N/N=C2/CCSc3ccc(F)cc32)cc1. The van der Waals surface area contributed by atoms with Crippen molar-refractivity contribution >= 4 is 23.4 Å². The summed E-state index contributed by atoms with van der Waals surface area (Å²) in [5.41, 5.74) is 5.86. The predicted octanol–water partition coefficient (Wildman–Crippen LogP) is 4.75. The smallest absolute Gasteiger partial charge is 0.267 e. The molecule has 1 aliphatic rings. The van der Waals surface area contributed by atoms with Gasteiger partial charge in [-0.2, -0.15) is 5.10 Å². The lowest BCUT2D eigenvalue weighted by Gasteiger charge is -2.19. The van der Waals surface area contributed by atoms with Gasteiger partial charge in [-0.05, 0) is 41.3 Å². The Kier molecular flexibility index (Phi) is 4.95. The molecule has 1 amide bonds. The van der Waals surface area contributed by atoms with Crippen LogP contribution in [0, 0.1) is 5.82 Å². The summed E-state index contributed by atoms with van der Waals surface area (Å²) in [6.07, 6.45) is 0.699. The third-order valence-corrected chi connectivity index (χ3v) is 5.23. The minimum absolute atomic E-state index is 0.0444. The number of hydrogen-bond acceptors (Lipinski definition) is 3. The van der Waals surface area contributed by atoms with Crippen LogP contribution in [0.4, 0.5) is 4.39 Å². The number of halogens is 1. The number of fused-ring (bicyclic) bond motifs is 1. The van der Waals surface area contributed by atoms with E-state index in [1.807, 2.05) is 12.1 Å². The van der Waals surface area contributed by atoms with Crippen molar-refractivity contribution < 1.29 is 9.18 Å². The minimum Gasteiger partial charge on any atom is -0.267 e. The number of nitrogens with zero attached hydrogens (tertiary/aromatic N) is 1. The molecule has 3 rings (SSSR count). The lowest BCUT2D eigenvalue weighted by Crippen LogP contribution is -2.22. The number of carbonyl (C=O) groups is 1. The third-order valence-electron chi connectivity index (χ3n) is 4.15. The Hall–Kier alpha value is -2.14. The van der Waals surface area contributed by atoms with E-state index in [0.717, 1.165) is 16.2 Å². The second-order valence-electron chi connectivity index (χ2n) is 7.07. The zero-order valence-electron chi connectivity index (χ0n) is 14.6. The molecular weight excluding hydrogens is 335 g/mol. The van der Waals surface area contributed by atoms with Gasteiger partial charge in [-0.15, -0.1) is 11.8 Å². The van der Waals surface area contributed by atoms with Gasteiger partial charge < -0.3 is 0 Å². The maximum Gasteiger partial charge on any atom is 0.271 e. The van der Waals surface area contributed by atoms with Crippen molar-refractivity contribution in [1.29, 1.82) is 0 Å². The highest BCUT2D eigenvalue weighted by atomic mass is 32.2. The average molecular weight is 356 g/mol. The van der Waals surface area contributed by atoms with Crippen LogP contribution in [-0.4, -0.2) is 17.4 Å². The van der Waals surface area contributed by atoms with Crippen molar-refractivity contribution in [2.24, 2.45) is 5.10 Å². The highest BCUT2D eigenvalue weighted by molar-refractivity contribution is 7.99. The summed E-state index contributed by atoms with van der Waals surface area (Å²) in [7, 11) is 0. The van der Waals surface area contributed by atoms with Crippen LogP contribution >= 0.6 is 11.8 Å². The first-order valence-electron chi connectivity index (χ1n) is 8.25. The van der Waals surface area contributed by atoms with Crippen LogP contribution in [0.25, 0.3) is 0 Å². The maximum atomic E-state index is 13.5. The molecule has 0 spiro atoms. The Morgan fingerprint density at radius 3 is 2.56 bits per heavy atom. The molecule has 0 radical (unpaired) electrons. The second kappa shape index (κ2) is 7.00. The summed E-state index contributed by atoms with van der Waals surface area (Å²) in [6.45, 7) is 6.39. The number of hydrazone groups is 1. The molecule has 1 aliphatic heterocycles. The summed E-state index contributed by atoms with van der Waals surface area (Å²) in [4.78, 5) is 13.3. The Labute approximate surface area is 151 Å². The summed E-state index contributed by atoms with van der Waals surface area (Å²) < 4.78 is 13.5. The van der Waals surface area contributed by atoms with E-state index in [1.54, 1.807) is 30.0 Å². The van der Waals surface area contributed by atoms with E-state index in [-0.39, 0.29) is 17.1 Å². The van der Waals surface area contributed by atoms with Crippen LogP contribution < -0.4 is 5.43 Å². The van der Waals surface area contributed by atoms with E-state index < -0.39 is 0 Å². The van der Waals surface area contributed by atoms with Gasteiger partial charge in [0.15, 0.2) is 0 Å². The first kappa shape index (κ1) is 17.7. The van der Waals surface area contributed by atoms with Crippen molar-refractivity contribution in [2.75, 3.05) is 5.75 Å². The van der Waals surface area contributed by atoms with Crippen LogP contribution in [-0.2, 0) is 5.41 Å². The number of benzene rings is 2. The van der Waals surface area contributed by atoms with Gasteiger partial charge in [-0.25, -0.2) is 9.82 Å². The van der Waals surface area contributed by atoms with Gasteiger partial charge in [0.25, 0.3) is 5.91 Å². The highest BCUT2D eigenvalue weighted by Crippen LogP contribution is 2.30. The number of thioether (sulfide) groups is 1. The molecule has 0 saturated carbocycles. The zero-order chi connectivity index (χ0) is 18.0. The molecule has 1 heterocycles. The van der Waals surface area contributed by atoms with Gasteiger partial charge in [-0.3, -0.25) is 4.79 Å². The molecule has 2 aromatic carbocycles. The van der Waals surface area contributed by atoms with Crippen molar-refractivity contribution in [1.82, 2.24) is 5.43 Å². The molecule has 0 unspecified atom stereocenters. The molecule has 0 aliphatic carbocycles. The fourth-order valence-electron chi connectivity index (χ4n) is 2.67. The highest BCUT2D eigenvalue weighted by Gasteiger charge is 2.18. The molecule has 0 aromatic heterocycles. The largest absolute Gasteiger partial charge is 0.271 e. The van der Waals surface area contributed by atoms with Crippen LogP contribution in [0.15, 0.2) is 52.5 Å². The van der Waals surface area contributed by atoms with Crippen LogP contribution in [0.3, 0.4) is 0 Å². The first-order chi connectivity index (χ1) is 11.8. The van der Waals surface area contributed by atoms with E-state index in [4.69, 9.17) is 0 Å². The van der Waals surface area contributed by atoms with Crippen molar-refractivity contribution in [3.8, 4) is 0 Å². The molecule has 0 atom stereocenters. The summed E-state index contributed by atoms with van der Waals surface area (Å²) in [6, 6.07) is 12.2. The third kappa shape index (κ3) is 4.10. The molecule has 3 nitrogen and oxygen atoms in total. The Morgan fingerprint density at radius 2 is 1.88 bits per heavy atom. The van der Waals surface area contributed by atoms with E-state index in [2.05, 4.69) is 31.3 Å². The predicted molar refractivity (Wildman–Crippen MR) is 101 cm³/mol. The van der Waals surface area contributed by atoms with Crippen LogP contribution in [0.1, 0.15) is 48.7 Å². The van der Waals surface area contributed by atoms with Crippen LogP contribution in [0.2, 0.25) is 0 Å². The van der Waals surface area contributed by atoms with Gasteiger partial charge in [-0.1, -0.05) is 32.9 Å². The van der Waals surface area contributed by atoms with Gasteiger partial charge in [0.2, 0.25) is 0 Å². The van der Waals surface area contributed by atoms with Gasteiger partial charge in [0, 0.05) is 28.2 Å². The maximum absolute atomic E-state index is 13.5. The Morgan fingerprint density at radius 1 is 1.16 bits per heavy atom. The van der Waals surface area contributed by atoms with Crippen LogP contribution in [0.5, 0.6) is 0 Å². The zero-order valence-corrected chi connectivity index (χ0v) is 15.4. The van der Waals surface area contributed by atoms with Crippen molar-refractivity contribution in [3.05, 3.63) is 65.0 Å². The monoisotopic (exact) mass is 356 g/mol. The molecule has 130 valence electrons. The molecule has 25 heavy (non-hydrogen) atoms. The summed E-state index contributed by atoms with van der Waals surface area (Å²) in [5.74, 6) is 0.315. The topological polar surface area (TPSA) is 41.5 Å². The van der Waals surface area contributed by atoms with E-state index in [9.17, 15) is 9.18 Å². The molecule has 0 fully saturated rings. The Bertz CT molecular complexity index is 823. The second-order valence-corrected chi connectivity index (χ2v) is 8.20. The summed E-state index contributed by atoms with van der Waals surface area (Å²) >= 11 is 1.68. The quantitative estimate of drug-likeness (QED) is 0.789. The normalized spacial score (nSPS) is 15.8. The molecule has 5 heteroatoms. The molecule has 2 aromatic rings. The lowest BCUT2D eigenvalue weighted by atomic mass is 9.87. The molecule has 0 bridgehead atoms. The molecular formula is C20H21FN2OS. The van der Waals surface area contributed by atoms with Gasteiger partial charge in [0.05, 0.1) is 5.71 Å². The fraction of sp³-hybridized carbons (Fsp3) is 0.300. The first-order valence-corrected chi connectivity index (χ1v) is 9.23. The number of carbonyl (C=O) groups excluding carboxylic acids is 1. The summed E-state index contributed by atoms with van der Waals surface area (Å²) in [5, 5.41) is 4.25. The van der Waals surface area contributed by atoms with Gasteiger partial charge >= 0.3 is 0 Å². The standard InChI is InChI=1S/C20H21FN2OS/c1-20(2,3)14-6-4-13(5-7-14)19(24)23-22-17-10-11-25-18-9-8-15(21)12-16(17)18/h4-9,12H,10-11H2,1-3H3,(H,23,24)/b22-17-. The van der Waals surface area contributed by atoms with E-state index >= 15 is 0 Å².